The van der Waals surface area contributed by atoms with Gasteiger partial charge in [0.05, 0.1) is 19.3 Å². The summed E-state index contributed by atoms with van der Waals surface area (Å²) in [6, 6.07) is 8.19. The summed E-state index contributed by atoms with van der Waals surface area (Å²) in [7, 11) is 0. The van der Waals surface area contributed by atoms with Gasteiger partial charge < -0.3 is 14.5 Å². The van der Waals surface area contributed by atoms with Crippen LogP contribution in [-0.4, -0.2) is 11.6 Å². The molecule has 1 aromatic carbocycles. The van der Waals surface area contributed by atoms with Gasteiger partial charge in [-0.1, -0.05) is 25.5 Å². The minimum atomic E-state index is 0.641. The van der Waals surface area contributed by atoms with Crippen LogP contribution in [-0.2, 0) is 13.1 Å². The highest BCUT2D eigenvalue weighted by molar-refractivity contribution is 5.27. The number of hydrogen-bond donors (Lipinski definition) is 1. The number of aryl methyl sites for hydroxylation is 1. The summed E-state index contributed by atoms with van der Waals surface area (Å²) in [4.78, 5) is 4.15. The Bertz CT molecular complexity index is 505. The maximum Gasteiger partial charge on any atom is 0.208 e. The van der Waals surface area contributed by atoms with Gasteiger partial charge in [0.15, 0.2) is 0 Å². The lowest BCUT2D eigenvalue weighted by Crippen LogP contribution is -2.12. The fraction of sp³-hybridized carbons (Fsp3) is 0.438. The van der Waals surface area contributed by atoms with Crippen molar-refractivity contribution in [1.82, 2.24) is 10.3 Å². The molecule has 1 heterocycles. The van der Waals surface area contributed by atoms with Crippen molar-refractivity contribution in [2.24, 2.45) is 0 Å². The summed E-state index contributed by atoms with van der Waals surface area (Å²) in [6.45, 7) is 6.28. The average molecular weight is 274 g/mol. The van der Waals surface area contributed by atoms with Crippen molar-refractivity contribution in [3.63, 3.8) is 0 Å². The Morgan fingerprint density at radius 1 is 1.20 bits per heavy atom. The van der Waals surface area contributed by atoms with Crippen molar-refractivity contribution >= 4 is 0 Å². The third kappa shape index (κ3) is 4.70. The molecule has 1 N–H and O–H groups in total. The molecule has 0 saturated heterocycles. The molecule has 0 bridgehead atoms. The number of nitrogens with zero attached hydrogens (tertiary/aromatic N) is 1. The molecule has 0 aliphatic heterocycles. The van der Waals surface area contributed by atoms with Gasteiger partial charge >= 0.3 is 0 Å². The molecule has 2 aromatic rings. The fourth-order valence-electron chi connectivity index (χ4n) is 1.83. The molecule has 0 saturated carbocycles. The Morgan fingerprint density at radius 2 is 2.00 bits per heavy atom. The molecule has 20 heavy (non-hydrogen) atoms. The molecule has 0 aliphatic rings. The minimum absolute atomic E-state index is 0.641. The van der Waals surface area contributed by atoms with E-state index in [-0.39, 0.29) is 0 Å². The number of ether oxygens (including phenoxy) is 1. The normalized spacial score (nSPS) is 10.7. The Morgan fingerprint density at radius 3 is 2.65 bits per heavy atom. The quantitative estimate of drug-likeness (QED) is 0.749. The maximum absolute atomic E-state index is 5.63. The predicted octanol–water partition coefficient (Wildman–Crippen LogP) is 3.45. The van der Waals surface area contributed by atoms with Crippen LogP contribution >= 0.6 is 0 Å². The van der Waals surface area contributed by atoms with E-state index in [0.717, 1.165) is 43.4 Å². The molecule has 4 heteroatoms. The first-order valence-corrected chi connectivity index (χ1v) is 7.11. The van der Waals surface area contributed by atoms with Crippen LogP contribution in [0.4, 0.5) is 0 Å². The van der Waals surface area contributed by atoms with Crippen molar-refractivity contribution < 1.29 is 9.15 Å². The van der Waals surface area contributed by atoms with Gasteiger partial charge in [0, 0.05) is 6.54 Å². The van der Waals surface area contributed by atoms with E-state index in [9.17, 15) is 0 Å². The van der Waals surface area contributed by atoms with E-state index in [1.807, 2.05) is 19.1 Å². The molecular formula is C16H22N2O2. The number of hydrogen-bond acceptors (Lipinski definition) is 4. The Balaban J connectivity index is 1.73. The van der Waals surface area contributed by atoms with Crippen LogP contribution in [0.5, 0.6) is 5.75 Å². The first kappa shape index (κ1) is 14.6. The first-order valence-electron chi connectivity index (χ1n) is 7.11. The zero-order valence-corrected chi connectivity index (χ0v) is 12.2. The molecular weight excluding hydrogens is 252 g/mol. The fourth-order valence-corrected chi connectivity index (χ4v) is 1.83. The first-order chi connectivity index (χ1) is 9.78. The lowest BCUT2D eigenvalue weighted by molar-refractivity contribution is 0.309. The number of rotatable bonds is 8. The van der Waals surface area contributed by atoms with Gasteiger partial charge in [-0.3, -0.25) is 0 Å². The van der Waals surface area contributed by atoms with E-state index < -0.39 is 0 Å². The smallest absolute Gasteiger partial charge is 0.208 e. The standard InChI is InChI=1S/C16H22N2O2/c1-3-4-9-19-15-7-5-14(6-8-15)11-17-12-16-18-10-13(2)20-16/h5-8,10,17H,3-4,9,11-12H2,1-2H3. The van der Waals surface area contributed by atoms with Crippen LogP contribution < -0.4 is 10.1 Å². The zero-order chi connectivity index (χ0) is 14.2. The molecule has 108 valence electrons. The lowest BCUT2D eigenvalue weighted by Gasteiger charge is -2.07. The molecule has 0 radical (unpaired) electrons. The van der Waals surface area contributed by atoms with Crippen LogP contribution in [0.2, 0.25) is 0 Å². The second-order valence-corrected chi connectivity index (χ2v) is 4.81. The highest BCUT2D eigenvalue weighted by Gasteiger charge is 2.00. The van der Waals surface area contributed by atoms with Gasteiger partial charge in [-0.2, -0.15) is 0 Å². The summed E-state index contributed by atoms with van der Waals surface area (Å²) in [5.41, 5.74) is 1.22. The van der Waals surface area contributed by atoms with E-state index in [4.69, 9.17) is 9.15 Å². The van der Waals surface area contributed by atoms with Crippen LogP contribution in [0.15, 0.2) is 34.9 Å². The number of aromatic nitrogens is 1. The van der Waals surface area contributed by atoms with Gasteiger partial charge in [-0.05, 0) is 31.0 Å². The van der Waals surface area contributed by atoms with Crippen molar-refractivity contribution in [3.05, 3.63) is 47.7 Å². The number of benzene rings is 1. The third-order valence-corrected chi connectivity index (χ3v) is 2.96. The topological polar surface area (TPSA) is 47.3 Å². The molecule has 4 nitrogen and oxygen atoms in total. The van der Waals surface area contributed by atoms with Crippen LogP contribution in [0.1, 0.15) is 37.0 Å². The van der Waals surface area contributed by atoms with Crippen molar-refractivity contribution in [3.8, 4) is 5.75 Å². The number of nitrogens with one attached hydrogen (secondary N) is 1. The SMILES string of the molecule is CCCCOc1ccc(CNCc2ncc(C)o2)cc1. The lowest BCUT2D eigenvalue weighted by atomic mass is 10.2. The maximum atomic E-state index is 5.63. The van der Waals surface area contributed by atoms with Gasteiger partial charge in [-0.25, -0.2) is 4.98 Å². The van der Waals surface area contributed by atoms with Gasteiger partial charge in [0.25, 0.3) is 0 Å². The Kier molecular flexibility index (Phi) is 5.62. The molecule has 0 aliphatic carbocycles. The highest BCUT2D eigenvalue weighted by Crippen LogP contribution is 2.12. The van der Waals surface area contributed by atoms with E-state index >= 15 is 0 Å². The largest absolute Gasteiger partial charge is 0.494 e. The van der Waals surface area contributed by atoms with E-state index in [0.29, 0.717) is 6.54 Å². The number of unbranched alkanes of at least 4 members (excludes halogenated alkanes) is 1. The number of oxazole rings is 1. The molecule has 0 spiro atoms. The minimum Gasteiger partial charge on any atom is -0.494 e. The monoisotopic (exact) mass is 274 g/mol. The van der Waals surface area contributed by atoms with Crippen LogP contribution in [0.25, 0.3) is 0 Å². The van der Waals surface area contributed by atoms with Crippen molar-refractivity contribution in [1.29, 1.82) is 0 Å². The van der Waals surface area contributed by atoms with Gasteiger partial charge in [0.1, 0.15) is 11.5 Å². The molecule has 0 amide bonds. The van der Waals surface area contributed by atoms with Crippen LogP contribution in [0.3, 0.4) is 0 Å². The molecule has 0 unspecified atom stereocenters. The molecule has 0 fully saturated rings. The van der Waals surface area contributed by atoms with E-state index in [2.05, 4.69) is 29.4 Å². The van der Waals surface area contributed by atoms with Gasteiger partial charge in [-0.15, -0.1) is 0 Å². The van der Waals surface area contributed by atoms with E-state index in [1.54, 1.807) is 6.20 Å². The summed E-state index contributed by atoms with van der Waals surface area (Å²) in [6.07, 6.45) is 3.99. The molecule has 1 aromatic heterocycles. The summed E-state index contributed by atoms with van der Waals surface area (Å²) in [5.74, 6) is 2.50. The predicted molar refractivity (Wildman–Crippen MR) is 78.6 cm³/mol. The second-order valence-electron chi connectivity index (χ2n) is 4.81. The summed E-state index contributed by atoms with van der Waals surface area (Å²) < 4.78 is 11.0. The summed E-state index contributed by atoms with van der Waals surface area (Å²) >= 11 is 0. The Hall–Kier alpha value is -1.81. The molecule has 0 atom stereocenters. The average Bonchev–Trinajstić information content (AvgIpc) is 2.87. The van der Waals surface area contributed by atoms with Crippen molar-refractivity contribution in [2.75, 3.05) is 6.61 Å². The zero-order valence-electron chi connectivity index (χ0n) is 12.2. The Labute approximate surface area is 120 Å². The van der Waals surface area contributed by atoms with Gasteiger partial charge in [0.2, 0.25) is 5.89 Å². The van der Waals surface area contributed by atoms with Crippen LogP contribution in [0, 0.1) is 6.92 Å². The summed E-state index contributed by atoms with van der Waals surface area (Å²) in [5, 5.41) is 3.31. The third-order valence-electron chi connectivity index (χ3n) is 2.96. The van der Waals surface area contributed by atoms with Crippen molar-refractivity contribution in [2.45, 2.75) is 39.8 Å². The molecule has 2 rings (SSSR count). The van der Waals surface area contributed by atoms with E-state index in [1.165, 1.54) is 5.56 Å². The second kappa shape index (κ2) is 7.70. The highest BCUT2D eigenvalue weighted by atomic mass is 16.5.